The molecule has 0 aliphatic carbocycles. The van der Waals surface area contributed by atoms with Crippen LogP contribution in [0.1, 0.15) is 23.2 Å². The topological polar surface area (TPSA) is 85.5 Å². The highest BCUT2D eigenvalue weighted by Crippen LogP contribution is 2.26. The molecule has 0 radical (unpaired) electrons. The number of benzene rings is 2. The van der Waals surface area contributed by atoms with Crippen molar-refractivity contribution < 1.29 is 19.1 Å². The molecule has 2 aromatic carbocycles. The Hall–Kier alpha value is -2.22. The Labute approximate surface area is 162 Å². The van der Waals surface area contributed by atoms with Crippen molar-refractivity contribution in [1.82, 2.24) is 10.2 Å². The number of hydrogen-bond donors (Lipinski definition) is 1. The number of esters is 1. The van der Waals surface area contributed by atoms with Crippen LogP contribution in [0.3, 0.4) is 0 Å². The zero-order chi connectivity index (χ0) is 18.7. The van der Waals surface area contributed by atoms with Crippen LogP contribution in [0.25, 0.3) is 11.5 Å². The second-order valence-electron chi connectivity index (χ2n) is 5.78. The first-order valence-electron chi connectivity index (χ1n) is 7.60. The van der Waals surface area contributed by atoms with Gasteiger partial charge in [-0.05, 0) is 49.4 Å². The van der Waals surface area contributed by atoms with Gasteiger partial charge in [0.15, 0.2) is 5.60 Å². The molecule has 3 aromatic rings. The van der Waals surface area contributed by atoms with Crippen LogP contribution in [0.4, 0.5) is 0 Å². The minimum atomic E-state index is -1.63. The highest BCUT2D eigenvalue weighted by molar-refractivity contribution is 9.10. The van der Waals surface area contributed by atoms with E-state index in [2.05, 4.69) is 26.1 Å². The molecular weight excluding hydrogens is 424 g/mol. The maximum absolute atomic E-state index is 12.1. The molecule has 8 heteroatoms. The summed E-state index contributed by atoms with van der Waals surface area (Å²) in [7, 11) is 0. The summed E-state index contributed by atoms with van der Waals surface area (Å²) in [6.07, 6.45) is 0. The zero-order valence-electron chi connectivity index (χ0n) is 13.6. The number of hydrogen-bond acceptors (Lipinski definition) is 6. The fourth-order valence-electron chi connectivity index (χ4n) is 2.12. The fraction of sp³-hybridized carbons (Fsp3) is 0.167. The molecule has 1 unspecified atom stereocenters. The molecule has 1 N–H and O–H groups in total. The van der Waals surface area contributed by atoms with Crippen LogP contribution in [0, 0.1) is 0 Å². The highest BCUT2D eigenvalue weighted by atomic mass is 79.9. The van der Waals surface area contributed by atoms with E-state index in [9.17, 15) is 9.90 Å². The Bertz CT molecular complexity index is 925. The van der Waals surface area contributed by atoms with Crippen LogP contribution in [-0.2, 0) is 10.3 Å². The fourth-order valence-corrected chi connectivity index (χ4v) is 2.57. The van der Waals surface area contributed by atoms with E-state index in [0.29, 0.717) is 16.1 Å². The van der Waals surface area contributed by atoms with E-state index in [1.54, 1.807) is 48.5 Å². The van der Waals surface area contributed by atoms with Crippen LogP contribution in [0.5, 0.6) is 0 Å². The Morgan fingerprint density at radius 3 is 2.69 bits per heavy atom. The SMILES string of the molecule is CC(O)(COC(=O)c1ccc(Br)cc1)c1nnc(-c2cccc(Cl)c2)o1. The molecule has 0 spiro atoms. The van der Waals surface area contributed by atoms with E-state index in [1.165, 1.54) is 6.92 Å². The second-order valence-corrected chi connectivity index (χ2v) is 7.13. The van der Waals surface area contributed by atoms with E-state index in [1.807, 2.05) is 0 Å². The molecule has 0 aliphatic rings. The predicted octanol–water partition coefficient (Wildman–Crippen LogP) is 4.22. The lowest BCUT2D eigenvalue weighted by Crippen LogP contribution is -2.29. The number of carbonyl (C=O) groups excluding carboxylic acids is 1. The van der Waals surface area contributed by atoms with Crippen LogP contribution in [0.2, 0.25) is 5.02 Å². The maximum atomic E-state index is 12.1. The monoisotopic (exact) mass is 436 g/mol. The number of aliphatic hydroxyl groups is 1. The first-order chi connectivity index (χ1) is 12.3. The second kappa shape index (κ2) is 7.57. The third-order valence-electron chi connectivity index (χ3n) is 3.52. The Morgan fingerprint density at radius 1 is 1.27 bits per heavy atom. The standard InChI is InChI=1S/C18H14BrClN2O4/c1-18(24,10-25-16(23)11-5-7-13(19)8-6-11)17-22-21-15(26-17)12-3-2-4-14(20)9-12/h2-9,24H,10H2,1H3. The molecule has 0 amide bonds. The van der Waals surface area contributed by atoms with Gasteiger partial charge in [-0.3, -0.25) is 0 Å². The van der Waals surface area contributed by atoms with Crippen molar-refractivity contribution in [2.24, 2.45) is 0 Å². The van der Waals surface area contributed by atoms with E-state index in [-0.39, 0.29) is 18.4 Å². The van der Waals surface area contributed by atoms with Crippen LogP contribution >= 0.6 is 27.5 Å². The number of aromatic nitrogens is 2. The summed E-state index contributed by atoms with van der Waals surface area (Å²) in [5, 5.41) is 18.8. The first kappa shape index (κ1) is 18.6. The van der Waals surface area contributed by atoms with E-state index >= 15 is 0 Å². The van der Waals surface area contributed by atoms with Gasteiger partial charge in [-0.15, -0.1) is 10.2 Å². The summed E-state index contributed by atoms with van der Waals surface area (Å²) in [5.41, 5.74) is -0.637. The van der Waals surface area contributed by atoms with E-state index in [4.69, 9.17) is 20.8 Å². The van der Waals surface area contributed by atoms with Gasteiger partial charge in [0.2, 0.25) is 5.89 Å². The lowest BCUT2D eigenvalue weighted by Gasteiger charge is -2.18. The van der Waals surface area contributed by atoms with Crippen molar-refractivity contribution >= 4 is 33.5 Å². The quantitative estimate of drug-likeness (QED) is 0.602. The van der Waals surface area contributed by atoms with Gasteiger partial charge in [0.1, 0.15) is 6.61 Å². The molecule has 1 atom stereocenters. The smallest absolute Gasteiger partial charge is 0.338 e. The molecule has 6 nitrogen and oxygen atoms in total. The molecular formula is C18H14BrClN2O4. The number of nitrogens with zero attached hydrogens (tertiary/aromatic N) is 2. The minimum Gasteiger partial charge on any atom is -0.458 e. The van der Waals surface area contributed by atoms with Gasteiger partial charge in [0.05, 0.1) is 5.56 Å². The van der Waals surface area contributed by atoms with Crippen LogP contribution < -0.4 is 0 Å². The summed E-state index contributed by atoms with van der Waals surface area (Å²) in [6.45, 7) is 1.09. The average molecular weight is 438 g/mol. The molecule has 134 valence electrons. The lowest BCUT2D eigenvalue weighted by atomic mass is 10.1. The van der Waals surface area contributed by atoms with Gasteiger partial charge in [-0.25, -0.2) is 4.79 Å². The lowest BCUT2D eigenvalue weighted by molar-refractivity contribution is -0.0392. The molecule has 0 bridgehead atoms. The van der Waals surface area contributed by atoms with Gasteiger partial charge < -0.3 is 14.3 Å². The van der Waals surface area contributed by atoms with Crippen molar-refractivity contribution in [2.75, 3.05) is 6.61 Å². The normalized spacial score (nSPS) is 13.2. The number of halogens is 2. The summed E-state index contributed by atoms with van der Waals surface area (Å²) in [5.74, 6) is -0.412. The third-order valence-corrected chi connectivity index (χ3v) is 4.29. The molecule has 0 saturated heterocycles. The Kier molecular flexibility index (Phi) is 5.41. The average Bonchev–Trinajstić information content (AvgIpc) is 3.11. The van der Waals surface area contributed by atoms with Crippen molar-refractivity contribution in [3.05, 3.63) is 69.5 Å². The molecule has 3 rings (SSSR count). The largest absolute Gasteiger partial charge is 0.458 e. The van der Waals surface area contributed by atoms with Crippen molar-refractivity contribution in [1.29, 1.82) is 0 Å². The molecule has 1 aromatic heterocycles. The van der Waals surface area contributed by atoms with Gasteiger partial charge in [-0.2, -0.15) is 0 Å². The third kappa shape index (κ3) is 4.30. The van der Waals surface area contributed by atoms with Crippen molar-refractivity contribution in [2.45, 2.75) is 12.5 Å². The van der Waals surface area contributed by atoms with Crippen LogP contribution in [0.15, 0.2) is 57.4 Å². The van der Waals surface area contributed by atoms with Crippen molar-refractivity contribution in [3.8, 4) is 11.5 Å². The summed E-state index contributed by atoms with van der Waals surface area (Å²) >= 11 is 9.24. The summed E-state index contributed by atoms with van der Waals surface area (Å²) in [4.78, 5) is 12.1. The summed E-state index contributed by atoms with van der Waals surface area (Å²) < 4.78 is 11.5. The number of rotatable bonds is 5. The number of carbonyl (C=O) groups is 1. The van der Waals surface area contributed by atoms with Gasteiger partial charge in [0.25, 0.3) is 5.89 Å². The molecule has 26 heavy (non-hydrogen) atoms. The Morgan fingerprint density at radius 2 is 2.00 bits per heavy atom. The summed E-state index contributed by atoms with van der Waals surface area (Å²) in [6, 6.07) is 13.6. The van der Waals surface area contributed by atoms with E-state index in [0.717, 1.165) is 4.47 Å². The van der Waals surface area contributed by atoms with Gasteiger partial charge >= 0.3 is 5.97 Å². The number of ether oxygens (including phenoxy) is 1. The highest BCUT2D eigenvalue weighted by Gasteiger charge is 2.32. The zero-order valence-corrected chi connectivity index (χ0v) is 16.0. The molecule has 0 saturated carbocycles. The molecule has 0 aliphatic heterocycles. The minimum absolute atomic E-state index is 0.0592. The molecule has 1 heterocycles. The first-order valence-corrected chi connectivity index (χ1v) is 8.77. The predicted molar refractivity (Wildman–Crippen MR) is 98.7 cm³/mol. The maximum Gasteiger partial charge on any atom is 0.338 e. The molecule has 0 fully saturated rings. The van der Waals surface area contributed by atoms with Gasteiger partial charge in [0, 0.05) is 15.1 Å². The van der Waals surface area contributed by atoms with E-state index < -0.39 is 11.6 Å². The van der Waals surface area contributed by atoms with Crippen LogP contribution in [-0.4, -0.2) is 27.9 Å². The van der Waals surface area contributed by atoms with Crippen molar-refractivity contribution in [3.63, 3.8) is 0 Å². The Balaban J connectivity index is 1.70. The van der Waals surface area contributed by atoms with Gasteiger partial charge in [-0.1, -0.05) is 33.6 Å².